The number of fused-ring (bicyclic) bond motifs is 1. The molecule has 0 saturated heterocycles. The Morgan fingerprint density at radius 1 is 1.24 bits per heavy atom. The Morgan fingerprint density at radius 3 is 2.62 bits per heavy atom. The lowest BCUT2D eigenvalue weighted by atomic mass is 9.78. The topological polar surface area (TPSA) is 32.3 Å². The van der Waals surface area contributed by atoms with Crippen molar-refractivity contribution in [3.8, 4) is 0 Å². The highest BCUT2D eigenvalue weighted by molar-refractivity contribution is 5.94. The van der Waals surface area contributed by atoms with Crippen molar-refractivity contribution in [3.05, 3.63) is 23.8 Å². The van der Waals surface area contributed by atoms with Gasteiger partial charge < -0.3 is 10.2 Å². The van der Waals surface area contributed by atoms with Crippen LogP contribution < -0.4 is 10.2 Å². The van der Waals surface area contributed by atoms with Gasteiger partial charge in [-0.3, -0.25) is 4.79 Å². The van der Waals surface area contributed by atoms with Crippen molar-refractivity contribution < 1.29 is 4.79 Å². The van der Waals surface area contributed by atoms with Gasteiger partial charge in [-0.1, -0.05) is 20.3 Å². The van der Waals surface area contributed by atoms with Crippen LogP contribution in [0.5, 0.6) is 0 Å². The second kappa shape index (κ2) is 5.70. The summed E-state index contributed by atoms with van der Waals surface area (Å²) in [5.41, 5.74) is 3.61. The number of hydrogen-bond acceptors (Lipinski definition) is 2. The molecule has 1 N–H and O–H groups in total. The molecule has 2 aliphatic rings. The minimum Gasteiger partial charge on any atom is -0.382 e. The van der Waals surface area contributed by atoms with E-state index in [9.17, 15) is 4.79 Å². The Bertz CT molecular complexity index is 530. The normalized spacial score (nSPS) is 28.3. The third-order valence-electron chi connectivity index (χ3n) is 5.23. The molecule has 0 radical (unpaired) electrons. The van der Waals surface area contributed by atoms with Crippen LogP contribution in [0, 0.1) is 11.8 Å². The second-order valence-corrected chi connectivity index (χ2v) is 6.82. The van der Waals surface area contributed by atoms with Gasteiger partial charge >= 0.3 is 0 Å². The number of hydrogen-bond donors (Lipinski definition) is 1. The predicted molar refractivity (Wildman–Crippen MR) is 87.8 cm³/mol. The number of nitrogens with zero attached hydrogens (tertiary/aromatic N) is 1. The SMILES string of the molecule is CC(=O)N1CCc2cc(NC3C(C)CCCC3C)ccc21. The fourth-order valence-corrected chi connectivity index (χ4v) is 3.98. The zero-order chi connectivity index (χ0) is 15.0. The zero-order valence-electron chi connectivity index (χ0n) is 13.4. The maximum absolute atomic E-state index is 11.6. The molecule has 2 unspecified atom stereocenters. The first kappa shape index (κ1) is 14.4. The summed E-state index contributed by atoms with van der Waals surface area (Å²) in [6, 6.07) is 7.05. The van der Waals surface area contributed by atoms with Crippen molar-refractivity contribution >= 4 is 17.3 Å². The molecule has 1 heterocycles. The van der Waals surface area contributed by atoms with Crippen molar-refractivity contribution in [1.82, 2.24) is 0 Å². The van der Waals surface area contributed by atoms with Gasteiger partial charge in [0, 0.05) is 30.9 Å². The van der Waals surface area contributed by atoms with Crippen LogP contribution in [0.1, 0.15) is 45.6 Å². The Balaban J connectivity index is 1.77. The molecule has 1 aliphatic heterocycles. The van der Waals surface area contributed by atoms with E-state index >= 15 is 0 Å². The molecule has 1 aromatic rings. The fourth-order valence-electron chi connectivity index (χ4n) is 3.98. The van der Waals surface area contributed by atoms with E-state index in [0.717, 1.165) is 30.5 Å². The summed E-state index contributed by atoms with van der Waals surface area (Å²) in [5.74, 6) is 1.61. The molecule has 0 aromatic heterocycles. The molecular weight excluding hydrogens is 260 g/mol. The quantitative estimate of drug-likeness (QED) is 0.896. The predicted octanol–water partition coefficient (Wildman–Crippen LogP) is 3.83. The van der Waals surface area contributed by atoms with Crippen LogP contribution in [-0.2, 0) is 11.2 Å². The molecule has 0 spiro atoms. The minimum atomic E-state index is 0.143. The van der Waals surface area contributed by atoms with E-state index in [2.05, 4.69) is 37.4 Å². The molecule has 2 atom stereocenters. The minimum absolute atomic E-state index is 0.143. The Labute approximate surface area is 127 Å². The molecule has 3 rings (SSSR count). The van der Waals surface area contributed by atoms with Crippen LogP contribution >= 0.6 is 0 Å². The second-order valence-electron chi connectivity index (χ2n) is 6.82. The number of amides is 1. The van der Waals surface area contributed by atoms with E-state index in [4.69, 9.17) is 0 Å². The number of rotatable bonds is 2. The van der Waals surface area contributed by atoms with E-state index in [1.165, 1.54) is 30.5 Å². The number of anilines is 2. The van der Waals surface area contributed by atoms with E-state index in [0.29, 0.717) is 6.04 Å². The summed E-state index contributed by atoms with van der Waals surface area (Å²) >= 11 is 0. The van der Waals surface area contributed by atoms with Crippen LogP contribution in [-0.4, -0.2) is 18.5 Å². The van der Waals surface area contributed by atoms with Crippen LogP contribution in [0.4, 0.5) is 11.4 Å². The van der Waals surface area contributed by atoms with Gasteiger partial charge in [-0.2, -0.15) is 0 Å². The fraction of sp³-hybridized carbons (Fsp3) is 0.611. The first-order valence-corrected chi connectivity index (χ1v) is 8.24. The summed E-state index contributed by atoms with van der Waals surface area (Å²) in [7, 11) is 0. The van der Waals surface area contributed by atoms with Gasteiger partial charge in [-0.25, -0.2) is 0 Å². The van der Waals surface area contributed by atoms with E-state index in [1.54, 1.807) is 6.92 Å². The van der Waals surface area contributed by atoms with Crippen molar-refractivity contribution in [3.63, 3.8) is 0 Å². The van der Waals surface area contributed by atoms with Gasteiger partial charge in [0.25, 0.3) is 0 Å². The summed E-state index contributed by atoms with van der Waals surface area (Å²) in [4.78, 5) is 13.5. The average molecular weight is 286 g/mol. The molecule has 1 fully saturated rings. The molecule has 1 amide bonds. The molecule has 3 heteroatoms. The molecule has 0 bridgehead atoms. The third-order valence-corrected chi connectivity index (χ3v) is 5.23. The van der Waals surface area contributed by atoms with Crippen molar-refractivity contribution in [1.29, 1.82) is 0 Å². The van der Waals surface area contributed by atoms with E-state index in [1.807, 2.05) is 4.90 Å². The molecule has 1 aliphatic carbocycles. The Kier molecular flexibility index (Phi) is 3.92. The van der Waals surface area contributed by atoms with E-state index in [-0.39, 0.29) is 5.91 Å². The maximum atomic E-state index is 11.6. The molecule has 114 valence electrons. The third kappa shape index (κ3) is 2.78. The highest BCUT2D eigenvalue weighted by Gasteiger charge is 2.28. The zero-order valence-corrected chi connectivity index (χ0v) is 13.4. The maximum Gasteiger partial charge on any atom is 0.223 e. The standard InChI is InChI=1S/C18H26N2O/c1-12-5-4-6-13(2)18(12)19-16-7-8-17-15(11-16)9-10-20(17)14(3)21/h7-8,11-13,18-19H,4-6,9-10H2,1-3H3. The summed E-state index contributed by atoms with van der Waals surface area (Å²) in [5, 5.41) is 3.75. The van der Waals surface area contributed by atoms with Gasteiger partial charge in [0.1, 0.15) is 0 Å². The lowest BCUT2D eigenvalue weighted by molar-refractivity contribution is -0.116. The number of carbonyl (C=O) groups is 1. The largest absolute Gasteiger partial charge is 0.382 e. The smallest absolute Gasteiger partial charge is 0.223 e. The number of nitrogens with one attached hydrogen (secondary N) is 1. The van der Waals surface area contributed by atoms with Gasteiger partial charge in [0.2, 0.25) is 5.91 Å². The van der Waals surface area contributed by atoms with Crippen molar-refractivity contribution in [2.45, 2.75) is 52.5 Å². The number of carbonyl (C=O) groups excluding carboxylic acids is 1. The van der Waals surface area contributed by atoms with E-state index < -0.39 is 0 Å². The highest BCUT2D eigenvalue weighted by Crippen LogP contribution is 2.34. The van der Waals surface area contributed by atoms with Gasteiger partial charge in [-0.05, 0) is 54.9 Å². The summed E-state index contributed by atoms with van der Waals surface area (Å²) < 4.78 is 0. The monoisotopic (exact) mass is 286 g/mol. The molecule has 3 nitrogen and oxygen atoms in total. The Hall–Kier alpha value is -1.51. The molecular formula is C18H26N2O. The number of benzene rings is 1. The van der Waals surface area contributed by atoms with Crippen LogP contribution in [0.15, 0.2) is 18.2 Å². The summed E-state index contributed by atoms with van der Waals surface area (Å²) in [6.07, 6.45) is 4.98. The van der Waals surface area contributed by atoms with Gasteiger partial charge in [0.15, 0.2) is 0 Å². The highest BCUT2D eigenvalue weighted by atomic mass is 16.2. The van der Waals surface area contributed by atoms with Gasteiger partial charge in [-0.15, -0.1) is 0 Å². The lowest BCUT2D eigenvalue weighted by Crippen LogP contribution is -2.37. The molecule has 21 heavy (non-hydrogen) atoms. The van der Waals surface area contributed by atoms with Crippen LogP contribution in [0.3, 0.4) is 0 Å². The van der Waals surface area contributed by atoms with Crippen LogP contribution in [0.25, 0.3) is 0 Å². The first-order chi connectivity index (χ1) is 10.1. The van der Waals surface area contributed by atoms with Crippen molar-refractivity contribution in [2.75, 3.05) is 16.8 Å². The van der Waals surface area contributed by atoms with Crippen molar-refractivity contribution in [2.24, 2.45) is 11.8 Å². The lowest BCUT2D eigenvalue weighted by Gasteiger charge is -2.36. The molecule has 1 saturated carbocycles. The first-order valence-electron chi connectivity index (χ1n) is 8.24. The van der Waals surface area contributed by atoms with Crippen LogP contribution in [0.2, 0.25) is 0 Å². The Morgan fingerprint density at radius 2 is 1.95 bits per heavy atom. The van der Waals surface area contributed by atoms with Gasteiger partial charge in [0.05, 0.1) is 0 Å². The molecule has 1 aromatic carbocycles. The summed E-state index contributed by atoms with van der Waals surface area (Å²) in [6.45, 7) is 7.19. The average Bonchev–Trinajstić information content (AvgIpc) is 2.86.